The maximum absolute atomic E-state index is 11.8. The van der Waals surface area contributed by atoms with Gasteiger partial charge < -0.3 is 4.74 Å². The Morgan fingerprint density at radius 1 is 1.47 bits per heavy atom. The number of methoxy groups -OCH3 is 1. The van der Waals surface area contributed by atoms with Gasteiger partial charge in [0.05, 0.1) is 10.5 Å². The Morgan fingerprint density at radius 2 is 2.13 bits per heavy atom. The summed E-state index contributed by atoms with van der Waals surface area (Å²) in [5.41, 5.74) is -0.206. The van der Waals surface area contributed by atoms with E-state index in [1.807, 2.05) is 32.9 Å². The zero-order chi connectivity index (χ0) is 11.5. The highest BCUT2D eigenvalue weighted by molar-refractivity contribution is 7.14. The van der Waals surface area contributed by atoms with E-state index in [2.05, 4.69) is 0 Å². The van der Waals surface area contributed by atoms with Crippen molar-refractivity contribution < 1.29 is 9.53 Å². The van der Waals surface area contributed by atoms with Crippen molar-refractivity contribution in [3.63, 3.8) is 0 Å². The summed E-state index contributed by atoms with van der Waals surface area (Å²) >= 11 is 1.56. The summed E-state index contributed by atoms with van der Waals surface area (Å²) in [6, 6.07) is 3.89. The van der Waals surface area contributed by atoms with Crippen molar-refractivity contribution in [2.24, 2.45) is 0 Å². The lowest BCUT2D eigenvalue weighted by Crippen LogP contribution is -2.23. The summed E-state index contributed by atoms with van der Waals surface area (Å²) in [4.78, 5) is 13.8. The standard InChI is InChI=1S/C12H18O2S/c1-9-5-6-11(15-9)10(13)7-8-12(2,3)14-4/h5-6H,7-8H2,1-4H3. The van der Waals surface area contributed by atoms with Gasteiger partial charge >= 0.3 is 0 Å². The molecule has 0 fully saturated rings. The molecule has 0 amide bonds. The number of Topliss-reactive ketones (excluding diaryl/α,β-unsaturated/α-hetero) is 1. The minimum atomic E-state index is -0.206. The molecular weight excluding hydrogens is 208 g/mol. The summed E-state index contributed by atoms with van der Waals surface area (Å²) < 4.78 is 5.28. The van der Waals surface area contributed by atoms with Gasteiger partial charge in [0.15, 0.2) is 5.78 Å². The van der Waals surface area contributed by atoms with Crippen molar-refractivity contribution in [2.45, 2.75) is 39.2 Å². The molecule has 1 aromatic heterocycles. The van der Waals surface area contributed by atoms with Gasteiger partial charge in [-0.3, -0.25) is 4.79 Å². The number of thiophene rings is 1. The molecule has 2 nitrogen and oxygen atoms in total. The SMILES string of the molecule is COC(C)(C)CCC(=O)c1ccc(C)s1. The summed E-state index contributed by atoms with van der Waals surface area (Å²) in [6.45, 7) is 6.01. The minimum absolute atomic E-state index is 0.206. The number of ketones is 1. The second-order valence-electron chi connectivity index (χ2n) is 4.30. The molecule has 0 aromatic carbocycles. The van der Waals surface area contributed by atoms with E-state index in [1.165, 1.54) is 4.88 Å². The van der Waals surface area contributed by atoms with Crippen molar-refractivity contribution in [1.29, 1.82) is 0 Å². The summed E-state index contributed by atoms with van der Waals surface area (Å²) in [6.07, 6.45) is 1.32. The fourth-order valence-electron chi connectivity index (χ4n) is 1.22. The molecule has 84 valence electrons. The molecule has 0 N–H and O–H groups in total. The van der Waals surface area contributed by atoms with E-state index in [0.717, 1.165) is 11.3 Å². The predicted molar refractivity (Wildman–Crippen MR) is 63.7 cm³/mol. The van der Waals surface area contributed by atoms with Gasteiger partial charge in [-0.15, -0.1) is 11.3 Å². The van der Waals surface area contributed by atoms with Crippen LogP contribution in [0.4, 0.5) is 0 Å². The molecule has 1 heterocycles. The molecule has 1 rings (SSSR count). The van der Waals surface area contributed by atoms with Crippen LogP contribution in [-0.4, -0.2) is 18.5 Å². The third-order valence-corrected chi connectivity index (χ3v) is 3.56. The molecule has 0 aliphatic rings. The highest BCUT2D eigenvalue weighted by Gasteiger charge is 2.19. The van der Waals surface area contributed by atoms with Crippen LogP contribution in [0.1, 0.15) is 41.2 Å². The largest absolute Gasteiger partial charge is 0.379 e. The molecule has 1 aromatic rings. The fraction of sp³-hybridized carbons (Fsp3) is 0.583. The number of ether oxygens (including phenoxy) is 1. The van der Waals surface area contributed by atoms with Gasteiger partial charge in [-0.2, -0.15) is 0 Å². The van der Waals surface area contributed by atoms with E-state index >= 15 is 0 Å². The van der Waals surface area contributed by atoms with E-state index in [1.54, 1.807) is 18.4 Å². The van der Waals surface area contributed by atoms with Gasteiger partial charge in [-0.25, -0.2) is 0 Å². The molecule has 0 spiro atoms. The van der Waals surface area contributed by atoms with Crippen molar-refractivity contribution in [3.05, 3.63) is 21.9 Å². The first-order chi connectivity index (χ1) is 6.94. The van der Waals surface area contributed by atoms with E-state index in [4.69, 9.17) is 4.74 Å². The van der Waals surface area contributed by atoms with Gasteiger partial charge in [-0.05, 0) is 39.3 Å². The molecule has 0 saturated carbocycles. The minimum Gasteiger partial charge on any atom is -0.379 e. The maximum atomic E-state index is 11.8. The molecule has 0 bridgehead atoms. The Labute approximate surface area is 95.3 Å². The Balaban J connectivity index is 2.50. The summed E-state index contributed by atoms with van der Waals surface area (Å²) in [5, 5.41) is 0. The van der Waals surface area contributed by atoms with Crippen LogP contribution in [0.25, 0.3) is 0 Å². The van der Waals surface area contributed by atoms with Crippen molar-refractivity contribution in [1.82, 2.24) is 0 Å². The quantitative estimate of drug-likeness (QED) is 0.719. The third-order valence-electron chi connectivity index (χ3n) is 2.52. The lowest BCUT2D eigenvalue weighted by molar-refractivity contribution is 0.0142. The Kier molecular flexibility index (Phi) is 4.05. The van der Waals surface area contributed by atoms with Crippen LogP contribution in [-0.2, 0) is 4.74 Å². The topological polar surface area (TPSA) is 26.3 Å². The average molecular weight is 226 g/mol. The normalized spacial score (nSPS) is 11.7. The molecule has 0 atom stereocenters. The second-order valence-corrected chi connectivity index (χ2v) is 5.59. The first kappa shape index (κ1) is 12.4. The Hall–Kier alpha value is -0.670. The molecule has 0 radical (unpaired) electrons. The van der Waals surface area contributed by atoms with Gasteiger partial charge in [0.25, 0.3) is 0 Å². The van der Waals surface area contributed by atoms with Crippen molar-refractivity contribution >= 4 is 17.1 Å². The van der Waals surface area contributed by atoms with E-state index in [9.17, 15) is 4.79 Å². The maximum Gasteiger partial charge on any atom is 0.172 e. The van der Waals surface area contributed by atoms with Gasteiger partial charge in [-0.1, -0.05) is 0 Å². The zero-order valence-electron chi connectivity index (χ0n) is 9.79. The van der Waals surface area contributed by atoms with Crippen LogP contribution in [0.2, 0.25) is 0 Å². The number of rotatable bonds is 5. The number of carbonyl (C=O) groups excluding carboxylic acids is 1. The van der Waals surface area contributed by atoms with E-state index in [-0.39, 0.29) is 11.4 Å². The predicted octanol–water partition coefficient (Wildman–Crippen LogP) is 3.44. The van der Waals surface area contributed by atoms with Crippen LogP contribution in [0.15, 0.2) is 12.1 Å². The number of hydrogen-bond donors (Lipinski definition) is 0. The van der Waals surface area contributed by atoms with Crippen LogP contribution >= 0.6 is 11.3 Å². The monoisotopic (exact) mass is 226 g/mol. The average Bonchev–Trinajstić information content (AvgIpc) is 2.61. The molecule has 0 aliphatic carbocycles. The Bertz CT molecular complexity index is 339. The van der Waals surface area contributed by atoms with Crippen molar-refractivity contribution in [2.75, 3.05) is 7.11 Å². The first-order valence-electron chi connectivity index (χ1n) is 5.09. The number of hydrogen-bond acceptors (Lipinski definition) is 3. The van der Waals surface area contributed by atoms with Gasteiger partial charge in [0.1, 0.15) is 0 Å². The zero-order valence-corrected chi connectivity index (χ0v) is 10.6. The van der Waals surface area contributed by atoms with Gasteiger partial charge in [0.2, 0.25) is 0 Å². The summed E-state index contributed by atoms with van der Waals surface area (Å²) in [5.74, 6) is 0.221. The van der Waals surface area contributed by atoms with Crippen LogP contribution in [0.5, 0.6) is 0 Å². The Morgan fingerprint density at radius 3 is 2.60 bits per heavy atom. The van der Waals surface area contributed by atoms with Crippen LogP contribution in [0.3, 0.4) is 0 Å². The van der Waals surface area contributed by atoms with Crippen molar-refractivity contribution in [3.8, 4) is 0 Å². The summed E-state index contributed by atoms with van der Waals surface area (Å²) in [7, 11) is 1.68. The second kappa shape index (κ2) is 4.90. The first-order valence-corrected chi connectivity index (χ1v) is 5.91. The molecular formula is C12H18O2S. The van der Waals surface area contributed by atoms with E-state index in [0.29, 0.717) is 6.42 Å². The molecule has 3 heteroatoms. The highest BCUT2D eigenvalue weighted by Crippen LogP contribution is 2.21. The molecule has 0 unspecified atom stereocenters. The number of carbonyl (C=O) groups is 1. The molecule has 0 aliphatic heterocycles. The smallest absolute Gasteiger partial charge is 0.172 e. The van der Waals surface area contributed by atoms with Crippen LogP contribution < -0.4 is 0 Å². The van der Waals surface area contributed by atoms with Gasteiger partial charge in [0, 0.05) is 18.4 Å². The lowest BCUT2D eigenvalue weighted by atomic mass is 10.0. The third kappa shape index (κ3) is 3.76. The van der Waals surface area contributed by atoms with Crippen LogP contribution in [0, 0.1) is 6.92 Å². The fourth-order valence-corrected chi connectivity index (χ4v) is 2.06. The highest BCUT2D eigenvalue weighted by atomic mass is 32.1. The molecule has 15 heavy (non-hydrogen) atoms. The molecule has 0 saturated heterocycles. The van der Waals surface area contributed by atoms with E-state index < -0.39 is 0 Å². The lowest BCUT2D eigenvalue weighted by Gasteiger charge is -2.21. The number of aryl methyl sites for hydroxylation is 1.